The van der Waals surface area contributed by atoms with E-state index in [4.69, 9.17) is 16.3 Å². The Labute approximate surface area is 165 Å². The van der Waals surface area contributed by atoms with Crippen LogP contribution in [0.5, 0.6) is 5.75 Å². The smallest absolute Gasteiger partial charge is 0.323 e. The molecule has 0 aromatic heterocycles. The van der Waals surface area contributed by atoms with E-state index >= 15 is 0 Å². The number of rotatable bonds is 3. The van der Waals surface area contributed by atoms with Gasteiger partial charge in [0, 0.05) is 22.3 Å². The van der Waals surface area contributed by atoms with Gasteiger partial charge in [0.2, 0.25) is 0 Å². The summed E-state index contributed by atoms with van der Waals surface area (Å²) in [6.07, 6.45) is 0. The number of methoxy groups -OCH3 is 1. The first-order chi connectivity index (χ1) is 12.0. The van der Waals surface area contributed by atoms with E-state index in [0.717, 1.165) is 27.1 Å². The molecule has 0 aliphatic carbocycles. The Bertz CT molecular complexity index is 803. The number of hydrogen-bond acceptors (Lipinski definition) is 3. The van der Waals surface area contributed by atoms with Gasteiger partial charge in [0.15, 0.2) is 0 Å². The molecule has 1 aliphatic heterocycles. The molecule has 3 rings (SSSR count). The number of urea groups is 1. The fourth-order valence-electron chi connectivity index (χ4n) is 2.74. The van der Waals surface area contributed by atoms with Crippen molar-refractivity contribution in [2.24, 2.45) is 0 Å². The van der Waals surface area contributed by atoms with Gasteiger partial charge in [0.25, 0.3) is 0 Å². The molecule has 2 aromatic carbocycles. The molecule has 1 heterocycles. The van der Waals surface area contributed by atoms with Crippen molar-refractivity contribution in [1.82, 2.24) is 4.90 Å². The predicted octanol–water partition coefficient (Wildman–Crippen LogP) is 5.70. The lowest BCUT2D eigenvalue weighted by molar-refractivity contribution is 0.213. The molecule has 0 bridgehead atoms. The summed E-state index contributed by atoms with van der Waals surface area (Å²) >= 11 is 11.5. The summed E-state index contributed by atoms with van der Waals surface area (Å²) in [7, 11) is 1.64. The van der Waals surface area contributed by atoms with Crippen molar-refractivity contribution in [3.63, 3.8) is 0 Å². The number of benzene rings is 2. The summed E-state index contributed by atoms with van der Waals surface area (Å²) in [5.41, 5.74) is 2.65. The Morgan fingerprint density at radius 3 is 2.88 bits per heavy atom. The number of thioether (sulfide) groups is 1. The summed E-state index contributed by atoms with van der Waals surface area (Å²) in [5, 5.41) is 3.36. The Kier molecular flexibility index (Phi) is 5.81. The first-order valence-electron chi connectivity index (χ1n) is 7.78. The molecule has 0 spiro atoms. The topological polar surface area (TPSA) is 41.6 Å². The standard InChI is InChI=1S/C18H18BrClN2O2S/c1-11-3-5-15(14(20)9-11)21-18(23)22-7-8-25-17(22)13-10-12(19)4-6-16(13)24-2/h3-6,9-10,17H,7-8H2,1-2H3,(H,21,23). The van der Waals surface area contributed by atoms with Crippen LogP contribution in [0.4, 0.5) is 10.5 Å². The highest BCUT2D eigenvalue weighted by atomic mass is 79.9. The van der Waals surface area contributed by atoms with Crippen LogP contribution in [0.15, 0.2) is 40.9 Å². The van der Waals surface area contributed by atoms with Gasteiger partial charge in [0.1, 0.15) is 11.1 Å². The number of anilines is 1. The van der Waals surface area contributed by atoms with Gasteiger partial charge in [-0.05, 0) is 42.8 Å². The van der Waals surface area contributed by atoms with E-state index in [0.29, 0.717) is 17.3 Å². The molecular formula is C18H18BrClN2O2S. The van der Waals surface area contributed by atoms with E-state index in [1.54, 1.807) is 18.9 Å². The zero-order valence-corrected chi connectivity index (χ0v) is 17.0. The van der Waals surface area contributed by atoms with E-state index in [1.165, 1.54) is 0 Å². The number of ether oxygens (including phenoxy) is 1. The van der Waals surface area contributed by atoms with Gasteiger partial charge in [-0.2, -0.15) is 0 Å². The van der Waals surface area contributed by atoms with Crippen LogP contribution in [0.3, 0.4) is 0 Å². The van der Waals surface area contributed by atoms with Gasteiger partial charge in [-0.3, -0.25) is 0 Å². The van der Waals surface area contributed by atoms with E-state index in [2.05, 4.69) is 21.2 Å². The first-order valence-corrected chi connectivity index (χ1v) is 10.0. The lowest BCUT2D eigenvalue weighted by atomic mass is 10.2. The summed E-state index contributed by atoms with van der Waals surface area (Å²) < 4.78 is 6.43. The number of carbonyl (C=O) groups is 1. The monoisotopic (exact) mass is 440 g/mol. The van der Waals surface area contributed by atoms with Crippen LogP contribution in [0.1, 0.15) is 16.5 Å². The third-order valence-electron chi connectivity index (χ3n) is 3.98. The highest BCUT2D eigenvalue weighted by Gasteiger charge is 2.33. The molecule has 1 unspecified atom stereocenters. The average Bonchev–Trinajstić information content (AvgIpc) is 3.07. The molecule has 1 N–H and O–H groups in total. The Morgan fingerprint density at radius 2 is 2.16 bits per heavy atom. The third kappa shape index (κ3) is 4.07. The molecule has 132 valence electrons. The Balaban J connectivity index is 1.84. The number of amides is 2. The largest absolute Gasteiger partial charge is 0.496 e. The van der Waals surface area contributed by atoms with Gasteiger partial charge >= 0.3 is 6.03 Å². The van der Waals surface area contributed by atoms with Crippen molar-refractivity contribution in [1.29, 1.82) is 0 Å². The zero-order valence-electron chi connectivity index (χ0n) is 13.9. The molecule has 1 fully saturated rings. The van der Waals surface area contributed by atoms with Crippen LogP contribution in [-0.4, -0.2) is 30.3 Å². The second-order valence-electron chi connectivity index (χ2n) is 5.72. The molecule has 0 saturated carbocycles. The minimum absolute atomic E-state index is 0.100. The second-order valence-corrected chi connectivity index (χ2v) is 8.23. The maximum Gasteiger partial charge on any atom is 0.323 e. The summed E-state index contributed by atoms with van der Waals surface area (Å²) in [6.45, 7) is 2.63. The van der Waals surface area contributed by atoms with Crippen molar-refractivity contribution in [2.45, 2.75) is 12.3 Å². The van der Waals surface area contributed by atoms with Crippen molar-refractivity contribution in [2.75, 3.05) is 24.7 Å². The number of carbonyl (C=O) groups excluding carboxylic acids is 1. The van der Waals surface area contributed by atoms with Crippen LogP contribution < -0.4 is 10.1 Å². The second kappa shape index (κ2) is 7.89. The maximum absolute atomic E-state index is 12.8. The van der Waals surface area contributed by atoms with Crippen molar-refractivity contribution < 1.29 is 9.53 Å². The number of nitrogens with zero attached hydrogens (tertiary/aromatic N) is 1. The predicted molar refractivity (Wildman–Crippen MR) is 108 cm³/mol. The minimum Gasteiger partial charge on any atom is -0.496 e. The molecular weight excluding hydrogens is 424 g/mol. The zero-order chi connectivity index (χ0) is 18.0. The van der Waals surface area contributed by atoms with Gasteiger partial charge in [-0.25, -0.2) is 4.79 Å². The Morgan fingerprint density at radius 1 is 1.36 bits per heavy atom. The summed E-state index contributed by atoms with van der Waals surface area (Å²) in [5.74, 6) is 1.64. The molecule has 2 amide bonds. The van der Waals surface area contributed by atoms with E-state index in [1.807, 2.05) is 48.2 Å². The van der Waals surface area contributed by atoms with Crippen LogP contribution in [0.25, 0.3) is 0 Å². The maximum atomic E-state index is 12.8. The Hall–Kier alpha value is -1.37. The molecule has 0 radical (unpaired) electrons. The molecule has 4 nitrogen and oxygen atoms in total. The summed E-state index contributed by atoms with van der Waals surface area (Å²) in [6, 6.07) is 11.3. The van der Waals surface area contributed by atoms with Crippen molar-refractivity contribution in [3.8, 4) is 5.75 Å². The first kappa shape index (κ1) is 18.4. The number of hydrogen-bond donors (Lipinski definition) is 1. The molecule has 1 saturated heterocycles. The molecule has 7 heteroatoms. The van der Waals surface area contributed by atoms with Crippen molar-refractivity contribution >= 4 is 51.0 Å². The summed E-state index contributed by atoms with van der Waals surface area (Å²) in [4.78, 5) is 14.6. The normalized spacial score (nSPS) is 16.8. The highest BCUT2D eigenvalue weighted by molar-refractivity contribution is 9.10. The van der Waals surface area contributed by atoms with E-state index < -0.39 is 0 Å². The van der Waals surface area contributed by atoms with Crippen LogP contribution in [-0.2, 0) is 0 Å². The van der Waals surface area contributed by atoms with E-state index in [-0.39, 0.29) is 11.4 Å². The lowest BCUT2D eigenvalue weighted by Gasteiger charge is -2.26. The molecule has 25 heavy (non-hydrogen) atoms. The molecule has 1 aliphatic rings. The molecule has 2 aromatic rings. The van der Waals surface area contributed by atoms with Crippen LogP contribution in [0, 0.1) is 6.92 Å². The minimum atomic E-state index is -0.164. The fourth-order valence-corrected chi connectivity index (χ4v) is 4.67. The van der Waals surface area contributed by atoms with Crippen molar-refractivity contribution in [3.05, 3.63) is 57.0 Å². The quantitative estimate of drug-likeness (QED) is 0.664. The van der Waals surface area contributed by atoms with Gasteiger partial charge < -0.3 is 15.0 Å². The lowest BCUT2D eigenvalue weighted by Crippen LogP contribution is -2.34. The molecule has 1 atom stereocenters. The fraction of sp³-hybridized carbons (Fsp3) is 0.278. The number of nitrogens with one attached hydrogen (secondary N) is 1. The van der Waals surface area contributed by atoms with Gasteiger partial charge in [-0.1, -0.05) is 33.6 Å². The van der Waals surface area contributed by atoms with Crippen LogP contribution >= 0.6 is 39.3 Å². The number of halogens is 2. The van der Waals surface area contributed by atoms with E-state index in [9.17, 15) is 4.79 Å². The third-order valence-corrected chi connectivity index (χ3v) is 6.02. The van der Waals surface area contributed by atoms with Gasteiger partial charge in [-0.15, -0.1) is 11.8 Å². The SMILES string of the molecule is COc1ccc(Br)cc1C1SCCN1C(=O)Nc1ccc(C)cc1Cl. The highest BCUT2D eigenvalue weighted by Crippen LogP contribution is 2.43. The number of aryl methyl sites for hydroxylation is 1. The average molecular weight is 442 g/mol. The van der Waals surface area contributed by atoms with Crippen LogP contribution in [0.2, 0.25) is 5.02 Å². The van der Waals surface area contributed by atoms with Gasteiger partial charge in [0.05, 0.1) is 17.8 Å².